The number of nitrogens with one attached hydrogen (secondary N) is 1. The first kappa shape index (κ1) is 16.3. The van der Waals surface area contributed by atoms with Crippen molar-refractivity contribution >= 4 is 23.3 Å². The highest BCUT2D eigenvalue weighted by Gasteiger charge is 2.67. The molecule has 7 nitrogen and oxygen atoms in total. The van der Waals surface area contributed by atoms with Gasteiger partial charge in [-0.15, -0.1) is 0 Å². The van der Waals surface area contributed by atoms with E-state index in [1.165, 1.54) is 0 Å². The number of amides is 2. The van der Waals surface area contributed by atoms with Crippen LogP contribution in [0.2, 0.25) is 0 Å². The maximum Gasteiger partial charge on any atom is 0.235 e. The van der Waals surface area contributed by atoms with Crippen LogP contribution in [0.25, 0.3) is 0 Å². The van der Waals surface area contributed by atoms with Crippen molar-refractivity contribution in [2.24, 2.45) is 11.8 Å². The van der Waals surface area contributed by atoms with E-state index in [-0.39, 0.29) is 17.9 Å². The summed E-state index contributed by atoms with van der Waals surface area (Å²) in [5.41, 5.74) is 1.05. The summed E-state index contributed by atoms with van der Waals surface area (Å²) in [4.78, 5) is 27.7. The molecular formula is C20H19N3O4. The third kappa shape index (κ3) is 2.35. The van der Waals surface area contributed by atoms with Gasteiger partial charge in [0.2, 0.25) is 11.8 Å². The van der Waals surface area contributed by atoms with Gasteiger partial charge in [0.25, 0.3) is 0 Å². The van der Waals surface area contributed by atoms with Crippen LogP contribution in [0.15, 0.2) is 47.0 Å². The Labute approximate surface area is 156 Å². The first-order valence-corrected chi connectivity index (χ1v) is 8.96. The molecule has 5 rings (SSSR count). The van der Waals surface area contributed by atoms with E-state index >= 15 is 0 Å². The molecule has 3 aliphatic heterocycles. The predicted molar refractivity (Wildman–Crippen MR) is 97.1 cm³/mol. The SMILES string of the molecule is Cc1ccc(NC(=O)[C@H]2[C@H]3C(=O)N(c4cc(C)on4)C[C@]34C=C[C@H]2O4)cc1. The molecule has 1 spiro atoms. The van der Waals surface area contributed by atoms with Gasteiger partial charge in [-0.2, -0.15) is 0 Å². The molecule has 4 heterocycles. The van der Waals surface area contributed by atoms with Crippen molar-refractivity contribution in [3.63, 3.8) is 0 Å². The van der Waals surface area contributed by atoms with Crippen LogP contribution >= 0.6 is 0 Å². The Hall–Kier alpha value is -2.93. The van der Waals surface area contributed by atoms with Gasteiger partial charge in [0.15, 0.2) is 5.82 Å². The third-order valence-electron chi connectivity index (χ3n) is 5.61. The fourth-order valence-electron chi connectivity index (χ4n) is 4.33. The minimum absolute atomic E-state index is 0.154. The van der Waals surface area contributed by atoms with E-state index in [1.807, 2.05) is 43.3 Å². The van der Waals surface area contributed by atoms with Crippen molar-refractivity contribution in [1.29, 1.82) is 0 Å². The molecule has 2 bridgehead atoms. The van der Waals surface area contributed by atoms with Gasteiger partial charge in [0.05, 0.1) is 24.5 Å². The molecule has 138 valence electrons. The van der Waals surface area contributed by atoms with Gasteiger partial charge < -0.3 is 14.6 Å². The minimum atomic E-state index is -0.774. The molecule has 7 heteroatoms. The smallest absolute Gasteiger partial charge is 0.235 e. The van der Waals surface area contributed by atoms with E-state index in [2.05, 4.69) is 10.5 Å². The Kier molecular flexibility index (Phi) is 3.33. The van der Waals surface area contributed by atoms with E-state index in [1.54, 1.807) is 17.9 Å². The molecule has 2 saturated heterocycles. The van der Waals surface area contributed by atoms with Crippen LogP contribution in [0.5, 0.6) is 0 Å². The first-order valence-electron chi connectivity index (χ1n) is 8.96. The maximum absolute atomic E-state index is 13.1. The van der Waals surface area contributed by atoms with E-state index in [4.69, 9.17) is 9.26 Å². The Balaban J connectivity index is 1.43. The van der Waals surface area contributed by atoms with Crippen LogP contribution in [0.4, 0.5) is 11.5 Å². The molecule has 0 saturated carbocycles. The highest BCUT2D eigenvalue weighted by atomic mass is 16.5. The number of nitrogens with zero attached hydrogens (tertiary/aromatic N) is 2. The number of rotatable bonds is 3. The summed E-state index contributed by atoms with van der Waals surface area (Å²) in [6.07, 6.45) is 3.43. The molecule has 0 aliphatic carbocycles. The lowest BCUT2D eigenvalue weighted by Crippen LogP contribution is -2.41. The molecule has 0 unspecified atom stereocenters. The molecule has 2 fully saturated rings. The topological polar surface area (TPSA) is 84.7 Å². The second-order valence-electron chi connectivity index (χ2n) is 7.48. The summed E-state index contributed by atoms with van der Waals surface area (Å²) >= 11 is 0. The van der Waals surface area contributed by atoms with Gasteiger partial charge in [-0.3, -0.25) is 14.5 Å². The van der Waals surface area contributed by atoms with Gasteiger partial charge in [-0.25, -0.2) is 0 Å². The molecule has 1 aromatic carbocycles. The largest absolute Gasteiger partial charge is 0.360 e. The Morgan fingerprint density at radius 3 is 2.78 bits per heavy atom. The first-order chi connectivity index (χ1) is 13.0. The lowest BCUT2D eigenvalue weighted by molar-refractivity contribution is -0.128. The number of aryl methyl sites for hydroxylation is 2. The fraction of sp³-hybridized carbons (Fsp3) is 0.350. The summed E-state index contributed by atoms with van der Waals surface area (Å²) in [7, 11) is 0. The lowest BCUT2D eigenvalue weighted by Gasteiger charge is -2.23. The zero-order valence-corrected chi connectivity index (χ0v) is 15.0. The average molecular weight is 365 g/mol. The molecule has 2 aromatic rings. The summed E-state index contributed by atoms with van der Waals surface area (Å²) in [5.74, 6) is -0.399. The van der Waals surface area contributed by atoms with E-state index < -0.39 is 17.4 Å². The number of fused-ring (bicyclic) bond motifs is 1. The van der Waals surface area contributed by atoms with Crippen molar-refractivity contribution in [2.45, 2.75) is 25.6 Å². The number of carbonyl (C=O) groups is 2. The molecule has 1 N–H and O–H groups in total. The van der Waals surface area contributed by atoms with Crippen LogP contribution < -0.4 is 10.2 Å². The number of anilines is 2. The molecular weight excluding hydrogens is 346 g/mol. The summed E-state index contributed by atoms with van der Waals surface area (Å²) in [6.45, 7) is 4.10. The average Bonchev–Trinajstić information content (AvgIpc) is 3.38. The van der Waals surface area contributed by atoms with Crippen LogP contribution in [0, 0.1) is 25.7 Å². The predicted octanol–water partition coefficient (Wildman–Crippen LogP) is 2.22. The molecule has 1 aromatic heterocycles. The maximum atomic E-state index is 13.1. The minimum Gasteiger partial charge on any atom is -0.360 e. The Bertz CT molecular complexity index is 964. The Morgan fingerprint density at radius 1 is 1.30 bits per heavy atom. The molecule has 0 radical (unpaired) electrons. The molecule has 27 heavy (non-hydrogen) atoms. The quantitative estimate of drug-likeness (QED) is 0.843. The van der Waals surface area contributed by atoms with Crippen molar-refractivity contribution in [2.75, 3.05) is 16.8 Å². The zero-order chi connectivity index (χ0) is 18.8. The monoisotopic (exact) mass is 365 g/mol. The molecule has 4 atom stereocenters. The third-order valence-corrected chi connectivity index (χ3v) is 5.61. The zero-order valence-electron chi connectivity index (χ0n) is 15.0. The van der Waals surface area contributed by atoms with Crippen LogP contribution in [-0.4, -0.2) is 35.2 Å². The number of hydrogen-bond donors (Lipinski definition) is 1. The molecule has 3 aliphatic rings. The lowest BCUT2D eigenvalue weighted by atomic mass is 9.77. The van der Waals surface area contributed by atoms with Gasteiger partial charge in [-0.05, 0) is 26.0 Å². The van der Waals surface area contributed by atoms with Crippen LogP contribution in [-0.2, 0) is 14.3 Å². The van der Waals surface area contributed by atoms with E-state index in [0.29, 0.717) is 23.8 Å². The van der Waals surface area contributed by atoms with E-state index in [0.717, 1.165) is 5.56 Å². The van der Waals surface area contributed by atoms with Crippen molar-refractivity contribution in [3.8, 4) is 0 Å². The normalized spacial score (nSPS) is 30.8. The van der Waals surface area contributed by atoms with Crippen LogP contribution in [0.3, 0.4) is 0 Å². The summed E-state index contributed by atoms with van der Waals surface area (Å²) < 4.78 is 11.2. The van der Waals surface area contributed by atoms with Crippen LogP contribution in [0.1, 0.15) is 11.3 Å². The number of hydrogen-bond acceptors (Lipinski definition) is 5. The van der Waals surface area contributed by atoms with Crippen molar-refractivity contribution < 1.29 is 18.8 Å². The van der Waals surface area contributed by atoms with Crippen molar-refractivity contribution in [3.05, 3.63) is 53.8 Å². The standard InChI is InChI=1S/C20H19N3O4/c1-11-3-5-13(6-4-11)21-18(24)16-14-7-8-20(26-14)10-23(19(25)17(16)20)15-9-12(2)27-22-15/h3-9,14,16-17H,10H2,1-2H3,(H,21,24)/t14-,16-,17+,20-/m1/s1. The number of aromatic nitrogens is 1. The highest BCUT2D eigenvalue weighted by molar-refractivity contribution is 6.05. The number of benzene rings is 1. The molecule has 2 amide bonds. The summed E-state index contributed by atoms with van der Waals surface area (Å²) in [5, 5.41) is 6.88. The fourth-order valence-corrected chi connectivity index (χ4v) is 4.33. The number of ether oxygens (including phenoxy) is 1. The number of carbonyl (C=O) groups excluding carboxylic acids is 2. The van der Waals surface area contributed by atoms with Gasteiger partial charge in [0, 0.05) is 11.8 Å². The summed E-state index contributed by atoms with van der Waals surface area (Å²) in [6, 6.07) is 9.29. The van der Waals surface area contributed by atoms with Crippen molar-refractivity contribution in [1.82, 2.24) is 5.16 Å². The highest BCUT2D eigenvalue weighted by Crippen LogP contribution is 2.52. The Morgan fingerprint density at radius 2 is 2.07 bits per heavy atom. The second kappa shape index (κ2) is 5.53. The van der Waals surface area contributed by atoms with Gasteiger partial charge in [-0.1, -0.05) is 35.0 Å². The van der Waals surface area contributed by atoms with E-state index in [9.17, 15) is 9.59 Å². The second-order valence-corrected chi connectivity index (χ2v) is 7.48. The van der Waals surface area contributed by atoms with Gasteiger partial charge >= 0.3 is 0 Å². The van der Waals surface area contributed by atoms with Gasteiger partial charge in [0.1, 0.15) is 11.4 Å².